The van der Waals surface area contributed by atoms with Crippen LogP contribution in [0.1, 0.15) is 30.9 Å². The Hall–Kier alpha value is -1.65. The molecule has 0 atom stereocenters. The lowest BCUT2D eigenvalue weighted by atomic mass is 10.1. The lowest BCUT2D eigenvalue weighted by Gasteiger charge is -2.07. The van der Waals surface area contributed by atoms with Gasteiger partial charge in [-0.3, -0.25) is 0 Å². The number of rotatable bonds is 8. The monoisotopic (exact) mass is 317 g/mol. The fourth-order valence-corrected chi connectivity index (χ4v) is 3.37. The Morgan fingerprint density at radius 3 is 2.18 bits per heavy atom. The van der Waals surface area contributed by atoms with Gasteiger partial charge >= 0.3 is 0 Å². The van der Waals surface area contributed by atoms with Crippen LogP contribution in [0.25, 0.3) is 0 Å². The summed E-state index contributed by atoms with van der Waals surface area (Å²) in [5.41, 5.74) is 2.43. The molecule has 0 aliphatic heterocycles. The van der Waals surface area contributed by atoms with Gasteiger partial charge in [0, 0.05) is 6.54 Å². The first kappa shape index (κ1) is 16.7. The molecule has 3 nitrogen and oxygen atoms in total. The molecular formula is C18H23NO2S. The van der Waals surface area contributed by atoms with Gasteiger partial charge in [0.15, 0.2) is 0 Å². The molecule has 0 radical (unpaired) electrons. The first-order valence-corrected chi connectivity index (χ1v) is 9.22. The van der Waals surface area contributed by atoms with Gasteiger partial charge < -0.3 is 0 Å². The smallest absolute Gasteiger partial charge is 0.211 e. The number of benzene rings is 2. The SMILES string of the molecule is CCc1ccc(S(=O)(=O)NCCCCc2ccccc2)cc1. The highest BCUT2D eigenvalue weighted by Gasteiger charge is 2.12. The molecule has 4 heteroatoms. The number of hydrogen-bond donors (Lipinski definition) is 1. The first-order valence-electron chi connectivity index (χ1n) is 7.74. The van der Waals surface area contributed by atoms with E-state index in [9.17, 15) is 8.42 Å². The molecule has 1 N–H and O–H groups in total. The third kappa shape index (κ3) is 4.97. The molecular weight excluding hydrogens is 294 g/mol. The van der Waals surface area contributed by atoms with E-state index in [1.165, 1.54) is 5.56 Å². The van der Waals surface area contributed by atoms with Crippen LogP contribution in [0.15, 0.2) is 59.5 Å². The normalized spacial score (nSPS) is 11.5. The summed E-state index contributed by atoms with van der Waals surface area (Å²) < 4.78 is 27.0. The van der Waals surface area contributed by atoms with Gasteiger partial charge in [0.2, 0.25) is 10.0 Å². The number of nitrogens with one attached hydrogen (secondary N) is 1. The van der Waals surface area contributed by atoms with Crippen LogP contribution in [0.4, 0.5) is 0 Å². The highest BCUT2D eigenvalue weighted by molar-refractivity contribution is 7.89. The Labute approximate surface area is 133 Å². The van der Waals surface area contributed by atoms with Crippen LogP contribution in [0, 0.1) is 0 Å². The van der Waals surface area contributed by atoms with Crippen molar-refractivity contribution in [1.82, 2.24) is 4.72 Å². The van der Waals surface area contributed by atoms with Crippen molar-refractivity contribution in [2.24, 2.45) is 0 Å². The molecule has 2 aromatic carbocycles. The van der Waals surface area contributed by atoms with Crippen LogP contribution < -0.4 is 4.72 Å². The molecule has 0 aliphatic carbocycles. The Morgan fingerprint density at radius 2 is 1.55 bits per heavy atom. The van der Waals surface area contributed by atoms with Crippen LogP contribution in [0.3, 0.4) is 0 Å². The third-order valence-electron chi connectivity index (χ3n) is 3.67. The molecule has 0 spiro atoms. The van der Waals surface area contributed by atoms with Crippen molar-refractivity contribution >= 4 is 10.0 Å². The molecule has 0 aliphatic rings. The van der Waals surface area contributed by atoms with E-state index in [0.29, 0.717) is 11.4 Å². The highest BCUT2D eigenvalue weighted by Crippen LogP contribution is 2.11. The second-order valence-corrected chi connectivity index (χ2v) is 7.10. The van der Waals surface area contributed by atoms with Crippen molar-refractivity contribution in [2.45, 2.75) is 37.5 Å². The van der Waals surface area contributed by atoms with Crippen LogP contribution >= 0.6 is 0 Å². The average Bonchev–Trinajstić information content (AvgIpc) is 2.55. The molecule has 2 aromatic rings. The van der Waals surface area contributed by atoms with Gasteiger partial charge in [-0.2, -0.15) is 0 Å². The lowest BCUT2D eigenvalue weighted by Crippen LogP contribution is -2.24. The summed E-state index contributed by atoms with van der Waals surface area (Å²) in [6.45, 7) is 2.53. The molecule has 0 heterocycles. The molecule has 0 aromatic heterocycles. The lowest BCUT2D eigenvalue weighted by molar-refractivity contribution is 0.576. The number of aryl methyl sites for hydroxylation is 2. The zero-order valence-electron chi connectivity index (χ0n) is 13.0. The minimum atomic E-state index is -3.38. The maximum absolute atomic E-state index is 12.2. The van der Waals surface area contributed by atoms with E-state index in [4.69, 9.17) is 0 Å². The molecule has 0 saturated carbocycles. The maximum atomic E-state index is 12.2. The van der Waals surface area contributed by atoms with Crippen molar-refractivity contribution < 1.29 is 8.42 Å². The molecule has 118 valence electrons. The van der Waals surface area contributed by atoms with Gasteiger partial charge in [0.1, 0.15) is 0 Å². The fourth-order valence-electron chi connectivity index (χ4n) is 2.29. The fraction of sp³-hybridized carbons (Fsp3) is 0.333. The quantitative estimate of drug-likeness (QED) is 0.757. The largest absolute Gasteiger partial charge is 0.240 e. The second-order valence-electron chi connectivity index (χ2n) is 5.34. The molecule has 0 unspecified atom stereocenters. The summed E-state index contributed by atoms with van der Waals surface area (Å²) in [7, 11) is -3.38. The van der Waals surface area contributed by atoms with Gasteiger partial charge in [0.05, 0.1) is 4.90 Å². The molecule has 0 saturated heterocycles. The van der Waals surface area contributed by atoms with Gasteiger partial charge in [0.25, 0.3) is 0 Å². The molecule has 0 fully saturated rings. The summed E-state index contributed by atoms with van der Waals surface area (Å²) in [4.78, 5) is 0.341. The summed E-state index contributed by atoms with van der Waals surface area (Å²) in [5.74, 6) is 0. The summed E-state index contributed by atoms with van der Waals surface area (Å²) >= 11 is 0. The minimum Gasteiger partial charge on any atom is -0.211 e. The van der Waals surface area contributed by atoms with E-state index in [-0.39, 0.29) is 0 Å². The standard InChI is InChI=1S/C18H23NO2S/c1-2-16-11-13-18(14-12-16)22(20,21)19-15-7-6-10-17-8-4-3-5-9-17/h3-5,8-9,11-14,19H,2,6-7,10,15H2,1H3. The second kappa shape index (κ2) is 8.11. The third-order valence-corrected chi connectivity index (χ3v) is 5.15. The zero-order chi connectivity index (χ0) is 15.8. The van der Waals surface area contributed by atoms with Crippen LogP contribution in [-0.2, 0) is 22.9 Å². The number of sulfonamides is 1. The minimum absolute atomic E-state index is 0.341. The zero-order valence-corrected chi connectivity index (χ0v) is 13.8. The van der Waals surface area contributed by atoms with Crippen molar-refractivity contribution in [1.29, 1.82) is 0 Å². The number of hydrogen-bond acceptors (Lipinski definition) is 2. The maximum Gasteiger partial charge on any atom is 0.240 e. The predicted octanol–water partition coefficient (Wildman–Crippen LogP) is 3.55. The van der Waals surface area contributed by atoms with E-state index < -0.39 is 10.0 Å². The molecule has 2 rings (SSSR count). The summed E-state index contributed by atoms with van der Waals surface area (Å²) in [6, 6.07) is 17.3. The van der Waals surface area contributed by atoms with Crippen LogP contribution in [0.2, 0.25) is 0 Å². The van der Waals surface area contributed by atoms with Gasteiger partial charge in [-0.05, 0) is 48.9 Å². The van der Waals surface area contributed by atoms with Crippen molar-refractivity contribution in [3.63, 3.8) is 0 Å². The van der Waals surface area contributed by atoms with E-state index in [2.05, 4.69) is 23.8 Å². The highest BCUT2D eigenvalue weighted by atomic mass is 32.2. The van der Waals surface area contributed by atoms with Gasteiger partial charge in [-0.1, -0.05) is 49.4 Å². The molecule has 0 amide bonds. The van der Waals surface area contributed by atoms with Crippen molar-refractivity contribution in [3.8, 4) is 0 Å². The Morgan fingerprint density at radius 1 is 0.864 bits per heavy atom. The van der Waals surface area contributed by atoms with Crippen LogP contribution in [-0.4, -0.2) is 15.0 Å². The average molecular weight is 317 g/mol. The Bertz CT molecular complexity index is 664. The summed E-state index contributed by atoms with van der Waals surface area (Å²) in [5, 5.41) is 0. The molecule has 22 heavy (non-hydrogen) atoms. The van der Waals surface area contributed by atoms with Crippen molar-refractivity contribution in [2.75, 3.05) is 6.54 Å². The summed E-state index contributed by atoms with van der Waals surface area (Å²) in [6.07, 6.45) is 3.70. The predicted molar refractivity (Wildman–Crippen MR) is 90.4 cm³/mol. The van der Waals surface area contributed by atoms with Gasteiger partial charge in [-0.25, -0.2) is 13.1 Å². The van der Waals surface area contributed by atoms with Gasteiger partial charge in [-0.15, -0.1) is 0 Å². The van der Waals surface area contributed by atoms with E-state index in [0.717, 1.165) is 31.2 Å². The molecule has 0 bridgehead atoms. The van der Waals surface area contributed by atoms with E-state index in [1.54, 1.807) is 12.1 Å². The Balaban J connectivity index is 1.77. The topological polar surface area (TPSA) is 46.2 Å². The Kier molecular flexibility index (Phi) is 6.16. The first-order chi connectivity index (χ1) is 10.6. The number of unbranched alkanes of at least 4 members (excludes halogenated alkanes) is 1. The van der Waals surface area contributed by atoms with E-state index in [1.807, 2.05) is 30.3 Å². The van der Waals surface area contributed by atoms with Crippen molar-refractivity contribution in [3.05, 3.63) is 65.7 Å². The van der Waals surface area contributed by atoms with Crippen LogP contribution in [0.5, 0.6) is 0 Å². The van der Waals surface area contributed by atoms with E-state index >= 15 is 0 Å².